The van der Waals surface area contributed by atoms with Gasteiger partial charge < -0.3 is 10.3 Å². The van der Waals surface area contributed by atoms with E-state index in [1.54, 1.807) is 0 Å². The number of hydrogen-bond donors (Lipinski definition) is 1. The van der Waals surface area contributed by atoms with Crippen LogP contribution in [0, 0.1) is 12.8 Å². The van der Waals surface area contributed by atoms with Crippen LogP contribution in [0.1, 0.15) is 57.0 Å². The summed E-state index contributed by atoms with van der Waals surface area (Å²) in [7, 11) is 0. The van der Waals surface area contributed by atoms with Crippen LogP contribution in [0.4, 0.5) is 5.82 Å². The van der Waals surface area contributed by atoms with Gasteiger partial charge >= 0.3 is 0 Å². The lowest BCUT2D eigenvalue weighted by Gasteiger charge is -2.15. The molecule has 0 amide bonds. The fourth-order valence-corrected chi connectivity index (χ4v) is 2.66. The third-order valence-electron chi connectivity index (χ3n) is 3.49. The van der Waals surface area contributed by atoms with Gasteiger partial charge in [0.05, 0.1) is 5.69 Å². The zero-order valence-electron chi connectivity index (χ0n) is 10.7. The molecule has 0 atom stereocenters. The van der Waals surface area contributed by atoms with E-state index >= 15 is 0 Å². The maximum atomic E-state index is 6.12. The largest absolute Gasteiger partial charge is 0.384 e. The molecular formula is C13H23N3. The number of aromatic nitrogens is 2. The van der Waals surface area contributed by atoms with Gasteiger partial charge in [0.25, 0.3) is 0 Å². The summed E-state index contributed by atoms with van der Waals surface area (Å²) in [6, 6.07) is 0. The second-order valence-corrected chi connectivity index (χ2v) is 5.43. The molecule has 2 N–H and O–H groups in total. The van der Waals surface area contributed by atoms with Crippen LogP contribution in [0.15, 0.2) is 0 Å². The van der Waals surface area contributed by atoms with Gasteiger partial charge in [-0.2, -0.15) is 0 Å². The van der Waals surface area contributed by atoms with Crippen LogP contribution >= 0.6 is 0 Å². The highest BCUT2D eigenvalue weighted by atomic mass is 15.1. The van der Waals surface area contributed by atoms with E-state index < -0.39 is 0 Å². The van der Waals surface area contributed by atoms with Crippen molar-refractivity contribution in [3.05, 3.63) is 11.5 Å². The van der Waals surface area contributed by atoms with E-state index in [0.717, 1.165) is 18.1 Å². The zero-order valence-corrected chi connectivity index (χ0v) is 10.7. The molecule has 1 aliphatic rings. The monoisotopic (exact) mass is 221 g/mol. The fourth-order valence-electron chi connectivity index (χ4n) is 2.66. The Hall–Kier alpha value is -0.990. The van der Waals surface area contributed by atoms with Gasteiger partial charge in [-0.3, -0.25) is 0 Å². The number of nitrogens with zero attached hydrogens (tertiary/aromatic N) is 2. The van der Waals surface area contributed by atoms with E-state index in [-0.39, 0.29) is 0 Å². The quantitative estimate of drug-likeness (QED) is 0.852. The summed E-state index contributed by atoms with van der Waals surface area (Å²) >= 11 is 0. The molecule has 0 spiro atoms. The molecule has 1 fully saturated rings. The molecular weight excluding hydrogens is 198 g/mol. The molecule has 3 nitrogen and oxygen atoms in total. The molecule has 1 aromatic heterocycles. The van der Waals surface area contributed by atoms with Gasteiger partial charge in [-0.15, -0.1) is 0 Å². The van der Waals surface area contributed by atoms with Crippen molar-refractivity contribution in [3.63, 3.8) is 0 Å². The van der Waals surface area contributed by atoms with Crippen molar-refractivity contribution >= 4 is 5.82 Å². The predicted molar refractivity (Wildman–Crippen MR) is 67.4 cm³/mol. The Balaban J connectivity index is 2.31. The van der Waals surface area contributed by atoms with Crippen molar-refractivity contribution in [1.82, 2.24) is 9.55 Å². The number of hydrogen-bond acceptors (Lipinski definition) is 2. The Morgan fingerprint density at radius 1 is 1.38 bits per heavy atom. The van der Waals surface area contributed by atoms with Crippen LogP contribution in [0.25, 0.3) is 0 Å². The van der Waals surface area contributed by atoms with Crippen LogP contribution in [0.2, 0.25) is 0 Å². The lowest BCUT2D eigenvalue weighted by atomic mass is 10.1. The van der Waals surface area contributed by atoms with E-state index in [9.17, 15) is 0 Å². The molecule has 0 aliphatic heterocycles. The number of aryl methyl sites for hydroxylation is 1. The molecule has 16 heavy (non-hydrogen) atoms. The Kier molecular flexibility index (Phi) is 3.22. The van der Waals surface area contributed by atoms with Crippen molar-refractivity contribution < 1.29 is 0 Å². The molecule has 0 aromatic carbocycles. The van der Waals surface area contributed by atoms with Crippen LogP contribution < -0.4 is 5.73 Å². The Bertz CT molecular complexity index is 359. The highest BCUT2D eigenvalue weighted by molar-refractivity contribution is 5.38. The van der Waals surface area contributed by atoms with E-state index in [4.69, 9.17) is 5.73 Å². The van der Waals surface area contributed by atoms with Crippen LogP contribution in [0.3, 0.4) is 0 Å². The molecule has 1 aromatic rings. The second-order valence-electron chi connectivity index (χ2n) is 5.43. The molecule has 1 saturated carbocycles. The Morgan fingerprint density at radius 2 is 2.00 bits per heavy atom. The molecule has 0 bridgehead atoms. The smallest absolute Gasteiger partial charge is 0.126 e. The minimum atomic E-state index is 0.621. The first-order valence-electron chi connectivity index (χ1n) is 6.42. The average molecular weight is 221 g/mol. The maximum absolute atomic E-state index is 6.12. The molecule has 0 unspecified atom stereocenters. The van der Waals surface area contributed by atoms with E-state index in [1.165, 1.54) is 31.5 Å². The van der Waals surface area contributed by atoms with Crippen molar-refractivity contribution in [1.29, 1.82) is 0 Å². The van der Waals surface area contributed by atoms with E-state index in [2.05, 4.69) is 23.4 Å². The van der Waals surface area contributed by atoms with E-state index in [0.29, 0.717) is 11.8 Å². The topological polar surface area (TPSA) is 43.8 Å². The van der Waals surface area contributed by atoms with Gasteiger partial charge in [-0.1, -0.05) is 26.7 Å². The minimum Gasteiger partial charge on any atom is -0.384 e. The first kappa shape index (κ1) is 11.5. The number of anilines is 1. The average Bonchev–Trinajstić information content (AvgIpc) is 2.81. The maximum Gasteiger partial charge on any atom is 0.126 e. The lowest BCUT2D eigenvalue weighted by molar-refractivity contribution is 0.492. The van der Waals surface area contributed by atoms with Gasteiger partial charge in [0.2, 0.25) is 0 Å². The van der Waals surface area contributed by atoms with Gasteiger partial charge in [0, 0.05) is 12.5 Å². The number of nitrogen functional groups attached to an aromatic ring is 1. The molecule has 90 valence electrons. The molecule has 1 heterocycles. The van der Waals surface area contributed by atoms with Crippen LogP contribution in [0.5, 0.6) is 0 Å². The summed E-state index contributed by atoms with van der Waals surface area (Å²) in [4.78, 5) is 4.68. The lowest BCUT2D eigenvalue weighted by Crippen LogP contribution is -2.13. The summed E-state index contributed by atoms with van der Waals surface area (Å²) in [6.45, 7) is 7.48. The summed E-state index contributed by atoms with van der Waals surface area (Å²) in [5.74, 6) is 3.38. The fraction of sp³-hybridized carbons (Fsp3) is 0.769. The summed E-state index contributed by atoms with van der Waals surface area (Å²) in [5, 5.41) is 0. The zero-order chi connectivity index (χ0) is 11.7. The second kappa shape index (κ2) is 4.48. The van der Waals surface area contributed by atoms with Crippen molar-refractivity contribution in [2.75, 3.05) is 5.73 Å². The van der Waals surface area contributed by atoms with Gasteiger partial charge in [-0.25, -0.2) is 4.98 Å². The highest BCUT2D eigenvalue weighted by Gasteiger charge is 2.24. The Morgan fingerprint density at radius 3 is 2.56 bits per heavy atom. The van der Waals surface area contributed by atoms with Gasteiger partial charge in [0.1, 0.15) is 11.6 Å². The van der Waals surface area contributed by atoms with Gasteiger partial charge in [0.15, 0.2) is 0 Å². The highest BCUT2D eigenvalue weighted by Crippen LogP contribution is 2.35. The van der Waals surface area contributed by atoms with Crippen LogP contribution in [-0.4, -0.2) is 9.55 Å². The van der Waals surface area contributed by atoms with Crippen molar-refractivity contribution in [3.8, 4) is 0 Å². The predicted octanol–water partition coefficient (Wildman–Crippen LogP) is 3.09. The SMILES string of the molecule is Cc1nc(C2CCCC2)n(CC(C)C)c1N. The molecule has 2 rings (SSSR count). The molecule has 0 saturated heterocycles. The first-order chi connectivity index (χ1) is 7.59. The van der Waals surface area contributed by atoms with Crippen molar-refractivity contribution in [2.45, 2.75) is 58.9 Å². The number of imidazole rings is 1. The summed E-state index contributed by atoms with van der Waals surface area (Å²) in [6.07, 6.45) is 5.26. The number of nitrogens with two attached hydrogens (primary N) is 1. The van der Waals surface area contributed by atoms with Crippen LogP contribution in [-0.2, 0) is 6.54 Å². The number of rotatable bonds is 3. The third kappa shape index (κ3) is 2.08. The molecule has 3 heteroatoms. The van der Waals surface area contributed by atoms with E-state index in [1.807, 2.05) is 6.92 Å². The summed E-state index contributed by atoms with van der Waals surface area (Å²) in [5.41, 5.74) is 7.12. The Labute approximate surface area is 98.1 Å². The third-order valence-corrected chi connectivity index (χ3v) is 3.49. The minimum absolute atomic E-state index is 0.621. The standard InChI is InChI=1S/C13H23N3/c1-9(2)8-16-12(14)10(3)15-13(16)11-6-4-5-7-11/h9,11H,4-8,14H2,1-3H3. The molecule has 0 radical (unpaired) electrons. The summed E-state index contributed by atoms with van der Waals surface area (Å²) < 4.78 is 2.25. The molecule has 1 aliphatic carbocycles. The van der Waals surface area contributed by atoms with Crippen molar-refractivity contribution in [2.24, 2.45) is 5.92 Å². The normalized spacial score (nSPS) is 17.5. The first-order valence-corrected chi connectivity index (χ1v) is 6.42. The van der Waals surface area contributed by atoms with Gasteiger partial charge in [-0.05, 0) is 25.7 Å².